The van der Waals surface area contributed by atoms with E-state index >= 15 is 0 Å². The molecule has 0 spiro atoms. The molecule has 1 aliphatic carbocycles. The van der Waals surface area contributed by atoms with Crippen LogP contribution in [0.1, 0.15) is 51.5 Å². The minimum Gasteiger partial charge on any atom is -0.508 e. The molecule has 116 valence electrons. The third-order valence-electron chi connectivity index (χ3n) is 4.21. The number of esters is 1. The molecule has 1 aliphatic rings. The minimum absolute atomic E-state index is 0.161. The van der Waals surface area contributed by atoms with Crippen LogP contribution < -0.4 is 5.32 Å². The van der Waals surface area contributed by atoms with E-state index in [0.29, 0.717) is 12.6 Å². The van der Waals surface area contributed by atoms with Crippen LogP contribution in [0.5, 0.6) is 5.75 Å². The van der Waals surface area contributed by atoms with E-state index < -0.39 is 5.54 Å². The molecule has 1 aromatic rings. The van der Waals surface area contributed by atoms with Gasteiger partial charge in [-0.15, -0.1) is 0 Å². The molecule has 1 fully saturated rings. The molecule has 0 aliphatic heterocycles. The quantitative estimate of drug-likeness (QED) is 0.818. The monoisotopic (exact) mass is 291 g/mol. The Morgan fingerprint density at radius 1 is 1.38 bits per heavy atom. The van der Waals surface area contributed by atoms with Gasteiger partial charge in [-0.25, -0.2) is 4.79 Å². The highest BCUT2D eigenvalue weighted by Gasteiger charge is 2.38. The van der Waals surface area contributed by atoms with Gasteiger partial charge in [-0.1, -0.05) is 31.4 Å². The molecule has 4 heteroatoms. The van der Waals surface area contributed by atoms with Gasteiger partial charge in [0.05, 0.1) is 6.61 Å². The maximum absolute atomic E-state index is 12.5. The number of aromatic hydroxyl groups is 1. The van der Waals surface area contributed by atoms with Crippen molar-refractivity contribution in [2.75, 3.05) is 6.61 Å². The maximum atomic E-state index is 12.5. The van der Waals surface area contributed by atoms with Gasteiger partial charge in [0, 0.05) is 6.04 Å². The number of nitrogens with one attached hydrogen (secondary N) is 1. The standard InChI is InChI=1S/C17H25NO3/c1-3-21-16(20)17(2,13-8-7-11-15(19)12-13)18-14-9-5-4-6-10-14/h7-8,11-12,14,18-19H,3-6,9-10H2,1-2H3. The second kappa shape index (κ2) is 6.94. The fraction of sp³-hybridized carbons (Fsp3) is 0.588. The second-order valence-electron chi connectivity index (χ2n) is 5.88. The maximum Gasteiger partial charge on any atom is 0.330 e. The molecule has 2 rings (SSSR count). The number of hydrogen-bond donors (Lipinski definition) is 2. The first-order chi connectivity index (χ1) is 10.1. The largest absolute Gasteiger partial charge is 0.508 e. The molecule has 1 atom stereocenters. The number of carbonyl (C=O) groups excluding carboxylic acids is 1. The molecular weight excluding hydrogens is 266 g/mol. The summed E-state index contributed by atoms with van der Waals surface area (Å²) in [5.74, 6) is -0.130. The predicted molar refractivity (Wildman–Crippen MR) is 82.1 cm³/mol. The average Bonchev–Trinajstić information content (AvgIpc) is 2.48. The smallest absolute Gasteiger partial charge is 0.330 e. The van der Waals surface area contributed by atoms with Crippen LogP contribution in [-0.4, -0.2) is 23.7 Å². The van der Waals surface area contributed by atoms with Crippen LogP contribution in [0.4, 0.5) is 0 Å². The lowest BCUT2D eigenvalue weighted by atomic mass is 9.87. The van der Waals surface area contributed by atoms with Crippen molar-refractivity contribution in [3.63, 3.8) is 0 Å². The van der Waals surface area contributed by atoms with Gasteiger partial charge in [-0.3, -0.25) is 5.32 Å². The molecular formula is C17H25NO3. The summed E-state index contributed by atoms with van der Waals surface area (Å²) in [5.41, 5.74) is -0.178. The Balaban J connectivity index is 2.26. The Morgan fingerprint density at radius 3 is 2.71 bits per heavy atom. The highest BCUT2D eigenvalue weighted by molar-refractivity contribution is 5.82. The number of hydrogen-bond acceptors (Lipinski definition) is 4. The number of rotatable bonds is 5. The van der Waals surface area contributed by atoms with Gasteiger partial charge in [0.25, 0.3) is 0 Å². The van der Waals surface area contributed by atoms with Gasteiger partial charge in [0.2, 0.25) is 0 Å². The number of phenolic OH excluding ortho intramolecular Hbond substituents is 1. The van der Waals surface area contributed by atoms with Crippen molar-refractivity contribution in [1.29, 1.82) is 0 Å². The van der Waals surface area contributed by atoms with E-state index in [1.807, 2.05) is 13.0 Å². The Labute approximate surface area is 126 Å². The van der Waals surface area contributed by atoms with Crippen LogP contribution in [-0.2, 0) is 15.1 Å². The lowest BCUT2D eigenvalue weighted by Crippen LogP contribution is -2.52. The number of carbonyl (C=O) groups is 1. The summed E-state index contributed by atoms with van der Waals surface area (Å²) in [4.78, 5) is 12.5. The lowest BCUT2D eigenvalue weighted by molar-refractivity contribution is -0.151. The zero-order valence-electron chi connectivity index (χ0n) is 12.9. The van der Waals surface area contributed by atoms with E-state index in [0.717, 1.165) is 18.4 Å². The molecule has 2 N–H and O–H groups in total. The highest BCUT2D eigenvalue weighted by atomic mass is 16.5. The molecule has 0 amide bonds. The Morgan fingerprint density at radius 2 is 2.10 bits per heavy atom. The fourth-order valence-electron chi connectivity index (χ4n) is 3.01. The van der Waals surface area contributed by atoms with Gasteiger partial charge < -0.3 is 9.84 Å². The number of phenols is 1. The van der Waals surface area contributed by atoms with Crippen molar-refractivity contribution in [3.8, 4) is 5.75 Å². The van der Waals surface area contributed by atoms with E-state index in [-0.39, 0.29) is 11.7 Å². The molecule has 0 saturated heterocycles. The number of benzene rings is 1. The first-order valence-corrected chi connectivity index (χ1v) is 7.80. The molecule has 0 radical (unpaired) electrons. The molecule has 1 aromatic carbocycles. The molecule has 0 heterocycles. The topological polar surface area (TPSA) is 58.6 Å². The summed E-state index contributed by atoms with van der Waals surface area (Å²) in [7, 11) is 0. The van der Waals surface area contributed by atoms with Gasteiger partial charge in [-0.2, -0.15) is 0 Å². The van der Waals surface area contributed by atoms with Crippen molar-refractivity contribution < 1.29 is 14.6 Å². The Hall–Kier alpha value is -1.55. The van der Waals surface area contributed by atoms with E-state index in [2.05, 4.69) is 5.32 Å². The fourth-order valence-corrected chi connectivity index (χ4v) is 3.01. The van der Waals surface area contributed by atoms with Gasteiger partial charge >= 0.3 is 5.97 Å². The molecule has 1 saturated carbocycles. The molecule has 4 nitrogen and oxygen atoms in total. The predicted octanol–water partition coefficient (Wildman–Crippen LogP) is 3.09. The third-order valence-corrected chi connectivity index (χ3v) is 4.21. The van der Waals surface area contributed by atoms with Crippen LogP contribution in [0.15, 0.2) is 24.3 Å². The SMILES string of the molecule is CCOC(=O)C(C)(NC1CCCCC1)c1cccc(O)c1. The van der Waals surface area contributed by atoms with Crippen molar-refractivity contribution >= 4 is 5.97 Å². The Kier molecular flexibility index (Phi) is 5.23. The van der Waals surface area contributed by atoms with Crippen LogP contribution in [0, 0.1) is 0 Å². The van der Waals surface area contributed by atoms with Crippen molar-refractivity contribution in [3.05, 3.63) is 29.8 Å². The lowest BCUT2D eigenvalue weighted by Gasteiger charge is -2.35. The molecule has 0 bridgehead atoms. The summed E-state index contributed by atoms with van der Waals surface area (Å²) in [5, 5.41) is 13.2. The van der Waals surface area contributed by atoms with E-state index in [1.54, 1.807) is 25.1 Å². The van der Waals surface area contributed by atoms with Gasteiger partial charge in [0.1, 0.15) is 11.3 Å². The zero-order valence-corrected chi connectivity index (χ0v) is 12.9. The second-order valence-corrected chi connectivity index (χ2v) is 5.88. The van der Waals surface area contributed by atoms with Crippen LogP contribution in [0.2, 0.25) is 0 Å². The normalized spacial score (nSPS) is 19.0. The van der Waals surface area contributed by atoms with Crippen LogP contribution in [0.3, 0.4) is 0 Å². The minimum atomic E-state index is -0.920. The van der Waals surface area contributed by atoms with Crippen molar-refractivity contribution in [2.45, 2.75) is 57.5 Å². The zero-order chi connectivity index (χ0) is 15.3. The van der Waals surface area contributed by atoms with Crippen molar-refractivity contribution in [2.24, 2.45) is 0 Å². The molecule has 0 aromatic heterocycles. The highest BCUT2D eigenvalue weighted by Crippen LogP contribution is 2.29. The summed E-state index contributed by atoms with van der Waals surface area (Å²) >= 11 is 0. The van der Waals surface area contributed by atoms with Gasteiger partial charge in [-0.05, 0) is 44.4 Å². The van der Waals surface area contributed by atoms with Crippen LogP contribution in [0.25, 0.3) is 0 Å². The summed E-state index contributed by atoms with van der Waals surface area (Å²) in [6.45, 7) is 4.00. The Bertz CT molecular complexity index is 483. The third kappa shape index (κ3) is 3.76. The van der Waals surface area contributed by atoms with Gasteiger partial charge in [0.15, 0.2) is 0 Å². The summed E-state index contributed by atoms with van der Waals surface area (Å²) < 4.78 is 5.26. The van der Waals surface area contributed by atoms with E-state index in [4.69, 9.17) is 4.74 Å². The number of ether oxygens (including phenoxy) is 1. The van der Waals surface area contributed by atoms with Crippen LogP contribution >= 0.6 is 0 Å². The first-order valence-electron chi connectivity index (χ1n) is 7.80. The van der Waals surface area contributed by atoms with E-state index in [1.165, 1.54) is 19.3 Å². The molecule has 1 unspecified atom stereocenters. The first kappa shape index (κ1) is 15.8. The van der Waals surface area contributed by atoms with Crippen molar-refractivity contribution in [1.82, 2.24) is 5.32 Å². The summed E-state index contributed by atoms with van der Waals surface area (Å²) in [6, 6.07) is 7.16. The molecule has 21 heavy (non-hydrogen) atoms. The van der Waals surface area contributed by atoms with E-state index in [9.17, 15) is 9.90 Å². The summed E-state index contributed by atoms with van der Waals surface area (Å²) in [6.07, 6.45) is 5.80. The average molecular weight is 291 g/mol.